The number of likely N-dealkylation sites (tertiary alicyclic amines) is 1. The lowest BCUT2D eigenvalue weighted by molar-refractivity contribution is 0.0479. The van der Waals surface area contributed by atoms with Crippen molar-refractivity contribution in [1.82, 2.24) is 4.90 Å². The average Bonchev–Trinajstić information content (AvgIpc) is 2.33. The summed E-state index contributed by atoms with van der Waals surface area (Å²) in [6, 6.07) is 7.45. The third kappa shape index (κ3) is 2.84. The van der Waals surface area contributed by atoms with Crippen molar-refractivity contribution < 1.29 is 14.6 Å². The molecule has 1 heterocycles. The van der Waals surface area contributed by atoms with Crippen molar-refractivity contribution >= 4 is 5.97 Å². The first-order valence-electron chi connectivity index (χ1n) is 5.73. The maximum absolute atomic E-state index is 11.2. The second-order valence-electron chi connectivity index (χ2n) is 4.43. The monoisotopic (exact) mass is 235 g/mol. The van der Waals surface area contributed by atoms with E-state index in [1.54, 1.807) is 12.1 Å². The van der Waals surface area contributed by atoms with E-state index in [0.29, 0.717) is 11.5 Å². The van der Waals surface area contributed by atoms with Gasteiger partial charge >= 0.3 is 5.97 Å². The smallest absolute Gasteiger partial charge is 0.337 e. The third-order valence-electron chi connectivity index (χ3n) is 3.07. The predicted octanol–water partition coefficient (Wildman–Crippen LogP) is 0.897. The van der Waals surface area contributed by atoms with E-state index in [4.69, 9.17) is 5.11 Å². The summed E-state index contributed by atoms with van der Waals surface area (Å²) < 4.78 is 4.64. The number of hydrogen-bond acceptors (Lipinski definition) is 4. The minimum atomic E-state index is -0.305. The number of esters is 1. The Morgan fingerprint density at radius 2 is 2.06 bits per heavy atom. The Bertz CT molecular complexity index is 382. The normalized spacial score (nSPS) is 16.6. The molecule has 1 aromatic rings. The molecule has 2 rings (SSSR count). The van der Waals surface area contributed by atoms with Crippen LogP contribution in [0.5, 0.6) is 0 Å². The molecule has 1 saturated heterocycles. The van der Waals surface area contributed by atoms with Gasteiger partial charge in [-0.1, -0.05) is 12.1 Å². The molecule has 0 saturated carbocycles. The highest BCUT2D eigenvalue weighted by Gasteiger charge is 2.25. The van der Waals surface area contributed by atoms with Crippen LogP contribution in [-0.2, 0) is 11.3 Å². The van der Waals surface area contributed by atoms with E-state index in [2.05, 4.69) is 9.64 Å². The van der Waals surface area contributed by atoms with Crippen LogP contribution < -0.4 is 0 Å². The van der Waals surface area contributed by atoms with Gasteiger partial charge in [0.15, 0.2) is 0 Å². The second-order valence-corrected chi connectivity index (χ2v) is 4.43. The summed E-state index contributed by atoms with van der Waals surface area (Å²) in [6.45, 7) is 3.06. The van der Waals surface area contributed by atoms with Crippen LogP contribution in [0.1, 0.15) is 15.9 Å². The molecule has 1 aliphatic rings. The maximum atomic E-state index is 11.2. The quantitative estimate of drug-likeness (QED) is 0.788. The van der Waals surface area contributed by atoms with Gasteiger partial charge < -0.3 is 9.84 Å². The number of methoxy groups -OCH3 is 1. The molecule has 4 nitrogen and oxygen atoms in total. The minimum Gasteiger partial charge on any atom is -0.465 e. The zero-order chi connectivity index (χ0) is 12.3. The lowest BCUT2D eigenvalue weighted by Crippen LogP contribution is -2.47. The number of aliphatic hydroxyl groups excluding tert-OH is 1. The first-order valence-corrected chi connectivity index (χ1v) is 5.73. The summed E-state index contributed by atoms with van der Waals surface area (Å²) in [6.07, 6.45) is 0. The van der Waals surface area contributed by atoms with E-state index in [1.165, 1.54) is 12.7 Å². The number of aliphatic hydroxyl groups is 1. The Morgan fingerprint density at radius 3 is 2.59 bits per heavy atom. The third-order valence-corrected chi connectivity index (χ3v) is 3.07. The lowest BCUT2D eigenvalue weighted by Gasteiger charge is -2.38. The molecule has 1 aliphatic heterocycles. The van der Waals surface area contributed by atoms with E-state index in [-0.39, 0.29) is 12.6 Å². The van der Waals surface area contributed by atoms with E-state index in [1.807, 2.05) is 12.1 Å². The van der Waals surface area contributed by atoms with Gasteiger partial charge in [-0.25, -0.2) is 4.79 Å². The van der Waals surface area contributed by atoms with Gasteiger partial charge in [-0.2, -0.15) is 0 Å². The highest BCUT2D eigenvalue weighted by atomic mass is 16.5. The number of nitrogens with zero attached hydrogens (tertiary/aromatic N) is 1. The van der Waals surface area contributed by atoms with Crippen LogP contribution in [-0.4, -0.2) is 42.8 Å². The van der Waals surface area contributed by atoms with E-state index >= 15 is 0 Å². The van der Waals surface area contributed by atoms with E-state index < -0.39 is 0 Å². The number of carbonyl (C=O) groups excluding carboxylic acids is 1. The van der Waals surface area contributed by atoms with Gasteiger partial charge in [0.2, 0.25) is 0 Å². The predicted molar refractivity (Wildman–Crippen MR) is 63.6 cm³/mol. The number of carbonyl (C=O) groups is 1. The van der Waals surface area contributed by atoms with Gasteiger partial charge in [0.25, 0.3) is 0 Å². The fraction of sp³-hybridized carbons (Fsp3) is 0.462. The molecule has 17 heavy (non-hydrogen) atoms. The Morgan fingerprint density at radius 1 is 1.41 bits per heavy atom. The molecule has 0 atom stereocenters. The second kappa shape index (κ2) is 5.29. The molecule has 0 bridgehead atoms. The molecular formula is C13H17NO3. The molecule has 1 aromatic carbocycles. The van der Waals surface area contributed by atoms with Crippen LogP contribution in [0.3, 0.4) is 0 Å². The van der Waals surface area contributed by atoms with Crippen LogP contribution >= 0.6 is 0 Å². The number of rotatable bonds is 4. The van der Waals surface area contributed by atoms with Crippen LogP contribution in [0.4, 0.5) is 0 Å². The number of benzene rings is 1. The first kappa shape index (κ1) is 12.1. The van der Waals surface area contributed by atoms with Crippen molar-refractivity contribution in [1.29, 1.82) is 0 Å². The highest BCUT2D eigenvalue weighted by molar-refractivity contribution is 5.89. The SMILES string of the molecule is COC(=O)c1ccc(CN2CC(CO)C2)cc1. The Labute approximate surface area is 101 Å². The van der Waals surface area contributed by atoms with Crippen molar-refractivity contribution in [2.75, 3.05) is 26.8 Å². The maximum Gasteiger partial charge on any atom is 0.337 e. The molecule has 0 spiro atoms. The largest absolute Gasteiger partial charge is 0.465 e. The topological polar surface area (TPSA) is 49.8 Å². The van der Waals surface area contributed by atoms with Gasteiger partial charge in [-0.15, -0.1) is 0 Å². The van der Waals surface area contributed by atoms with Gasteiger partial charge in [-0.05, 0) is 17.7 Å². The molecule has 0 radical (unpaired) electrons. The molecule has 0 unspecified atom stereocenters. The summed E-state index contributed by atoms with van der Waals surface area (Å²) in [7, 11) is 1.38. The average molecular weight is 235 g/mol. The molecule has 0 aliphatic carbocycles. The molecule has 0 aromatic heterocycles. The summed E-state index contributed by atoms with van der Waals surface area (Å²) in [5.41, 5.74) is 1.75. The van der Waals surface area contributed by atoms with Gasteiger partial charge in [0, 0.05) is 32.2 Å². The van der Waals surface area contributed by atoms with Crippen molar-refractivity contribution in [2.45, 2.75) is 6.54 Å². The van der Waals surface area contributed by atoms with Gasteiger partial charge in [-0.3, -0.25) is 4.90 Å². The molecule has 1 N–H and O–H groups in total. The van der Waals surface area contributed by atoms with Gasteiger partial charge in [0.1, 0.15) is 0 Å². The first-order chi connectivity index (χ1) is 8.22. The summed E-state index contributed by atoms with van der Waals surface area (Å²) in [5, 5.41) is 8.92. The molecule has 1 fully saturated rings. The molecular weight excluding hydrogens is 218 g/mol. The fourth-order valence-corrected chi connectivity index (χ4v) is 2.04. The molecule has 0 amide bonds. The van der Waals surface area contributed by atoms with Crippen molar-refractivity contribution in [3.63, 3.8) is 0 Å². The highest BCUT2D eigenvalue weighted by Crippen LogP contribution is 2.18. The molecule has 4 heteroatoms. The van der Waals surface area contributed by atoms with Crippen molar-refractivity contribution in [3.05, 3.63) is 35.4 Å². The zero-order valence-electron chi connectivity index (χ0n) is 9.93. The van der Waals surface area contributed by atoms with E-state index in [9.17, 15) is 4.79 Å². The van der Waals surface area contributed by atoms with Crippen molar-refractivity contribution in [3.8, 4) is 0 Å². The zero-order valence-corrected chi connectivity index (χ0v) is 9.93. The van der Waals surface area contributed by atoms with E-state index in [0.717, 1.165) is 19.6 Å². The lowest BCUT2D eigenvalue weighted by atomic mass is 10.0. The van der Waals surface area contributed by atoms with Crippen LogP contribution in [0.15, 0.2) is 24.3 Å². The minimum absolute atomic E-state index is 0.276. The molecule has 92 valence electrons. The Balaban J connectivity index is 1.88. The summed E-state index contributed by atoms with van der Waals surface area (Å²) in [5.74, 6) is 0.130. The fourth-order valence-electron chi connectivity index (χ4n) is 2.04. The standard InChI is InChI=1S/C13H17NO3/c1-17-13(16)12-4-2-10(3-5-12)6-14-7-11(8-14)9-15/h2-5,11,15H,6-9H2,1H3. The van der Waals surface area contributed by atoms with Crippen LogP contribution in [0.2, 0.25) is 0 Å². The Hall–Kier alpha value is -1.39. The number of hydrogen-bond donors (Lipinski definition) is 1. The van der Waals surface area contributed by atoms with Crippen LogP contribution in [0.25, 0.3) is 0 Å². The van der Waals surface area contributed by atoms with Gasteiger partial charge in [0.05, 0.1) is 12.7 Å². The summed E-state index contributed by atoms with van der Waals surface area (Å²) in [4.78, 5) is 13.5. The van der Waals surface area contributed by atoms with Crippen molar-refractivity contribution in [2.24, 2.45) is 5.92 Å². The van der Waals surface area contributed by atoms with Crippen LogP contribution in [0, 0.1) is 5.92 Å². The summed E-state index contributed by atoms with van der Waals surface area (Å²) >= 11 is 0. The Kier molecular flexibility index (Phi) is 3.76. The number of ether oxygens (including phenoxy) is 1.